The van der Waals surface area contributed by atoms with E-state index in [1.165, 1.54) is 63.1 Å². The maximum absolute atomic E-state index is 3.47. The average molecular weight is 263 g/mol. The van der Waals surface area contributed by atoms with Crippen molar-refractivity contribution in [2.75, 3.05) is 5.33 Å². The predicted octanol–water partition coefficient (Wildman–Crippen LogP) is 5.55. The van der Waals surface area contributed by atoms with Crippen LogP contribution >= 0.6 is 15.9 Å². The molecule has 0 amide bonds. The Balaban J connectivity index is 2.85. The molecule has 0 atom stereocenters. The maximum Gasteiger partial charge on any atom is 0.00313 e. The van der Waals surface area contributed by atoms with E-state index in [9.17, 15) is 0 Å². The molecule has 0 heterocycles. The van der Waals surface area contributed by atoms with E-state index in [0.717, 1.165) is 5.92 Å². The van der Waals surface area contributed by atoms with Gasteiger partial charge in [0.15, 0.2) is 0 Å². The summed E-state index contributed by atoms with van der Waals surface area (Å²) in [5, 5.41) is 1.18. The van der Waals surface area contributed by atoms with Gasteiger partial charge in [-0.05, 0) is 12.3 Å². The van der Waals surface area contributed by atoms with Crippen molar-refractivity contribution in [3.8, 4) is 0 Å². The van der Waals surface area contributed by atoms with Gasteiger partial charge in [-0.25, -0.2) is 0 Å². The highest BCUT2D eigenvalue weighted by Crippen LogP contribution is 2.12. The van der Waals surface area contributed by atoms with E-state index < -0.39 is 0 Å². The molecule has 0 N–H and O–H groups in total. The molecule has 14 heavy (non-hydrogen) atoms. The van der Waals surface area contributed by atoms with Gasteiger partial charge in [0.1, 0.15) is 0 Å². The van der Waals surface area contributed by atoms with Gasteiger partial charge in [0.25, 0.3) is 0 Å². The molecule has 0 aliphatic carbocycles. The molecule has 0 saturated carbocycles. The fourth-order valence-electron chi connectivity index (χ4n) is 1.71. The van der Waals surface area contributed by atoms with Crippen molar-refractivity contribution in [1.82, 2.24) is 0 Å². The summed E-state index contributed by atoms with van der Waals surface area (Å²) in [5.41, 5.74) is 0. The molecule has 0 spiro atoms. The summed E-state index contributed by atoms with van der Waals surface area (Å²) in [6.45, 7) is 4.64. The number of alkyl halides is 1. The van der Waals surface area contributed by atoms with Gasteiger partial charge in [-0.2, -0.15) is 0 Å². The van der Waals surface area contributed by atoms with E-state index in [1.54, 1.807) is 0 Å². The highest BCUT2D eigenvalue weighted by molar-refractivity contribution is 9.09. The number of rotatable bonds is 10. The fourth-order valence-corrected chi connectivity index (χ4v) is 2.10. The molecule has 0 radical (unpaired) electrons. The largest absolute Gasteiger partial charge is 0.0928 e. The normalized spacial score (nSPS) is 11.1. The van der Waals surface area contributed by atoms with Crippen molar-refractivity contribution in [3.05, 3.63) is 0 Å². The summed E-state index contributed by atoms with van der Waals surface area (Å²) in [6, 6.07) is 0. The van der Waals surface area contributed by atoms with E-state index in [2.05, 4.69) is 29.8 Å². The third-order valence-corrected chi connectivity index (χ3v) is 3.23. The SMILES string of the molecule is CC(C)CCCCCCCCCCBr. The monoisotopic (exact) mass is 262 g/mol. The Kier molecular flexibility index (Phi) is 12.0. The Labute approximate surface area is 99.0 Å². The summed E-state index contributed by atoms with van der Waals surface area (Å²) < 4.78 is 0. The van der Waals surface area contributed by atoms with Gasteiger partial charge in [0.05, 0.1) is 0 Å². The first-order valence-electron chi connectivity index (χ1n) is 6.33. The molecular weight excluding hydrogens is 236 g/mol. The standard InChI is InChI=1S/C13H27Br/c1-13(2)11-9-7-5-3-4-6-8-10-12-14/h13H,3-12H2,1-2H3. The zero-order valence-corrected chi connectivity index (χ0v) is 11.6. The lowest BCUT2D eigenvalue weighted by Gasteiger charge is -2.04. The van der Waals surface area contributed by atoms with E-state index >= 15 is 0 Å². The second-order valence-corrected chi connectivity index (χ2v) is 5.49. The molecule has 0 fully saturated rings. The molecule has 0 unspecified atom stereocenters. The molecule has 0 aliphatic heterocycles. The number of unbranched alkanes of at least 4 members (excludes halogenated alkanes) is 7. The summed E-state index contributed by atoms with van der Waals surface area (Å²) >= 11 is 3.47. The highest BCUT2D eigenvalue weighted by atomic mass is 79.9. The van der Waals surface area contributed by atoms with Gasteiger partial charge >= 0.3 is 0 Å². The summed E-state index contributed by atoms with van der Waals surface area (Å²) in [7, 11) is 0. The second-order valence-electron chi connectivity index (χ2n) is 4.70. The molecule has 0 aromatic carbocycles. The average Bonchev–Trinajstić information content (AvgIpc) is 2.15. The lowest BCUT2D eigenvalue weighted by atomic mass is 10.0. The topological polar surface area (TPSA) is 0 Å². The van der Waals surface area contributed by atoms with Crippen molar-refractivity contribution in [2.45, 2.75) is 71.6 Å². The highest BCUT2D eigenvalue weighted by Gasteiger charge is 1.94. The Bertz CT molecular complexity index is 99.4. The Morgan fingerprint density at radius 3 is 1.57 bits per heavy atom. The van der Waals surface area contributed by atoms with Gasteiger partial charge in [0, 0.05) is 5.33 Å². The quantitative estimate of drug-likeness (QED) is 0.358. The molecule has 0 aromatic heterocycles. The van der Waals surface area contributed by atoms with Crippen molar-refractivity contribution in [1.29, 1.82) is 0 Å². The third-order valence-electron chi connectivity index (χ3n) is 2.67. The first-order chi connectivity index (χ1) is 6.77. The van der Waals surface area contributed by atoms with E-state index in [4.69, 9.17) is 0 Å². The lowest BCUT2D eigenvalue weighted by Crippen LogP contribution is -1.87. The van der Waals surface area contributed by atoms with Crippen LogP contribution in [-0.4, -0.2) is 5.33 Å². The number of hydrogen-bond acceptors (Lipinski definition) is 0. The van der Waals surface area contributed by atoms with E-state index in [1.807, 2.05) is 0 Å². The van der Waals surface area contributed by atoms with Crippen LogP contribution in [0.3, 0.4) is 0 Å². The van der Waals surface area contributed by atoms with E-state index in [0.29, 0.717) is 0 Å². The maximum atomic E-state index is 3.47. The smallest absolute Gasteiger partial charge is 0.00313 e. The molecule has 1 heteroatoms. The molecule has 0 bridgehead atoms. The zero-order valence-electron chi connectivity index (χ0n) is 10.0. The van der Waals surface area contributed by atoms with Crippen LogP contribution in [-0.2, 0) is 0 Å². The Morgan fingerprint density at radius 2 is 1.14 bits per heavy atom. The first-order valence-corrected chi connectivity index (χ1v) is 7.45. The van der Waals surface area contributed by atoms with Crippen LogP contribution in [0.1, 0.15) is 71.6 Å². The zero-order chi connectivity index (χ0) is 10.6. The van der Waals surface area contributed by atoms with Crippen LogP contribution in [0.4, 0.5) is 0 Å². The van der Waals surface area contributed by atoms with Crippen LogP contribution in [0.5, 0.6) is 0 Å². The van der Waals surface area contributed by atoms with Gasteiger partial charge in [0.2, 0.25) is 0 Å². The van der Waals surface area contributed by atoms with Crippen molar-refractivity contribution in [2.24, 2.45) is 5.92 Å². The van der Waals surface area contributed by atoms with E-state index in [-0.39, 0.29) is 0 Å². The second kappa shape index (κ2) is 11.6. The molecule has 0 rings (SSSR count). The van der Waals surface area contributed by atoms with Crippen LogP contribution in [0.25, 0.3) is 0 Å². The molecule has 86 valence electrons. The number of hydrogen-bond donors (Lipinski definition) is 0. The van der Waals surface area contributed by atoms with Gasteiger partial charge in [-0.15, -0.1) is 0 Å². The molecular formula is C13H27Br. The molecule has 0 nitrogen and oxygen atoms in total. The Morgan fingerprint density at radius 1 is 0.714 bits per heavy atom. The Hall–Kier alpha value is 0.480. The van der Waals surface area contributed by atoms with Gasteiger partial charge in [-0.1, -0.05) is 81.1 Å². The summed E-state index contributed by atoms with van der Waals surface area (Å²) in [4.78, 5) is 0. The molecule has 0 saturated heterocycles. The molecule has 0 aliphatic rings. The van der Waals surface area contributed by atoms with Gasteiger partial charge < -0.3 is 0 Å². The van der Waals surface area contributed by atoms with Crippen LogP contribution in [0, 0.1) is 5.92 Å². The first kappa shape index (κ1) is 14.5. The predicted molar refractivity (Wildman–Crippen MR) is 70.2 cm³/mol. The third kappa shape index (κ3) is 12.5. The van der Waals surface area contributed by atoms with Crippen molar-refractivity contribution < 1.29 is 0 Å². The van der Waals surface area contributed by atoms with Crippen molar-refractivity contribution in [3.63, 3.8) is 0 Å². The van der Waals surface area contributed by atoms with Crippen LogP contribution in [0.2, 0.25) is 0 Å². The summed E-state index contributed by atoms with van der Waals surface area (Å²) in [6.07, 6.45) is 12.9. The summed E-state index contributed by atoms with van der Waals surface area (Å²) in [5.74, 6) is 0.897. The lowest BCUT2D eigenvalue weighted by molar-refractivity contribution is 0.509. The minimum Gasteiger partial charge on any atom is -0.0928 e. The minimum atomic E-state index is 0.897. The van der Waals surface area contributed by atoms with Gasteiger partial charge in [-0.3, -0.25) is 0 Å². The fraction of sp³-hybridized carbons (Fsp3) is 1.00. The molecule has 0 aromatic rings. The van der Waals surface area contributed by atoms with Crippen molar-refractivity contribution >= 4 is 15.9 Å². The van der Waals surface area contributed by atoms with Crippen LogP contribution in [0.15, 0.2) is 0 Å². The van der Waals surface area contributed by atoms with Crippen LogP contribution < -0.4 is 0 Å². The number of halogens is 1. The minimum absolute atomic E-state index is 0.897.